The molecule has 0 aliphatic rings. The Labute approximate surface area is 125 Å². The molecule has 0 radical (unpaired) electrons. The van der Waals surface area contributed by atoms with Crippen LogP contribution in [0.15, 0.2) is 0 Å². The first kappa shape index (κ1) is 20.5. The van der Waals surface area contributed by atoms with Crippen LogP contribution in [0.2, 0.25) is 0 Å². The molecule has 1 atom stereocenters. The highest BCUT2D eigenvalue weighted by atomic mass is 29.8. The predicted octanol–water partition coefficient (Wildman–Crippen LogP) is -1.28. The van der Waals surface area contributed by atoms with Gasteiger partial charge in [0.1, 0.15) is 0 Å². The number of hydrogen-bond donors (Lipinski definition) is 0. The van der Waals surface area contributed by atoms with Crippen LogP contribution in [0.5, 0.6) is 0 Å². The van der Waals surface area contributed by atoms with E-state index in [0.717, 1.165) is 0 Å². The van der Waals surface area contributed by atoms with Crippen LogP contribution in [0.1, 0.15) is 0 Å². The zero-order chi connectivity index (χ0) is 15.8. The van der Waals surface area contributed by atoms with Crippen LogP contribution in [0, 0.1) is 0 Å². The molecule has 0 aromatic rings. The van der Waals surface area contributed by atoms with Crippen LogP contribution in [0.4, 0.5) is 0 Å². The Bertz CT molecular complexity index is 251. The van der Waals surface area contributed by atoms with Gasteiger partial charge < -0.3 is 35.4 Å². The van der Waals surface area contributed by atoms with Crippen molar-refractivity contribution in [3.05, 3.63) is 0 Å². The van der Waals surface area contributed by atoms with E-state index < -0.39 is 32.8 Å². The summed E-state index contributed by atoms with van der Waals surface area (Å²) in [5.74, 6) is 0. The molecule has 12 heteroatoms. The molecule has 0 heterocycles. The molecule has 20 heavy (non-hydrogen) atoms. The van der Waals surface area contributed by atoms with E-state index in [1.54, 1.807) is 56.9 Å². The molecule has 0 aromatic carbocycles. The molecular formula is C8H26O8Si4. The summed E-state index contributed by atoms with van der Waals surface area (Å²) in [6.45, 7) is 0. The second kappa shape index (κ2) is 9.54. The Morgan fingerprint density at radius 1 is 0.550 bits per heavy atom. The summed E-state index contributed by atoms with van der Waals surface area (Å²) >= 11 is 0. The Hall–Kier alpha value is 0.548. The molecule has 0 aromatic heterocycles. The Balaban J connectivity index is 5.83. The minimum Gasteiger partial charge on any atom is -0.417 e. The van der Waals surface area contributed by atoms with Gasteiger partial charge in [0.2, 0.25) is 0 Å². The van der Waals surface area contributed by atoms with E-state index in [0.29, 0.717) is 0 Å². The normalized spacial score (nSPS) is 14.8. The highest BCUT2D eigenvalue weighted by Gasteiger charge is 2.70. The van der Waals surface area contributed by atoms with E-state index in [-0.39, 0.29) is 0 Å². The predicted molar refractivity (Wildman–Crippen MR) is 81.9 cm³/mol. The SMILES string of the molecule is CO[SiH](OC)[Si](OC)(OC)[SiH](OC)[Si](OC)(OC)OC. The van der Waals surface area contributed by atoms with Gasteiger partial charge in [-0.1, -0.05) is 0 Å². The van der Waals surface area contributed by atoms with Crippen molar-refractivity contribution in [3.63, 3.8) is 0 Å². The Morgan fingerprint density at radius 2 is 0.950 bits per heavy atom. The van der Waals surface area contributed by atoms with E-state index in [9.17, 15) is 0 Å². The quantitative estimate of drug-likeness (QED) is 0.421. The summed E-state index contributed by atoms with van der Waals surface area (Å²) in [5.41, 5.74) is 0. The molecule has 0 fully saturated rings. The van der Waals surface area contributed by atoms with Gasteiger partial charge >= 0.3 is 32.8 Å². The smallest absolute Gasteiger partial charge is 0.417 e. The van der Waals surface area contributed by atoms with Crippen molar-refractivity contribution in [1.82, 2.24) is 0 Å². The van der Waals surface area contributed by atoms with Crippen LogP contribution < -0.4 is 0 Å². The van der Waals surface area contributed by atoms with Gasteiger partial charge in [-0.3, -0.25) is 0 Å². The van der Waals surface area contributed by atoms with Crippen molar-refractivity contribution in [2.75, 3.05) is 56.9 Å². The molecular weight excluding hydrogens is 336 g/mol. The fourth-order valence-electron chi connectivity index (χ4n) is 2.16. The molecule has 122 valence electrons. The van der Waals surface area contributed by atoms with E-state index in [4.69, 9.17) is 35.4 Å². The topological polar surface area (TPSA) is 73.8 Å². The molecule has 0 aliphatic heterocycles. The molecule has 0 aliphatic carbocycles. The van der Waals surface area contributed by atoms with E-state index >= 15 is 0 Å². The van der Waals surface area contributed by atoms with Crippen LogP contribution in [-0.2, 0) is 35.4 Å². The standard InChI is InChI=1S/C8H26O8Si4/c1-9-17(10-2)20(15-7,16-8)18(11-3)19(12-4,13-5)14-6/h17-18H,1-8H3. The largest absolute Gasteiger partial charge is 0.501 e. The van der Waals surface area contributed by atoms with Crippen LogP contribution in [0.3, 0.4) is 0 Å². The lowest BCUT2D eigenvalue weighted by atomic mass is 11.8. The average molecular weight is 363 g/mol. The first-order valence-corrected chi connectivity index (χ1v) is 16.2. The van der Waals surface area contributed by atoms with Crippen LogP contribution in [0.25, 0.3) is 0 Å². The van der Waals surface area contributed by atoms with Gasteiger partial charge in [0.25, 0.3) is 0 Å². The average Bonchev–Trinajstić information content (AvgIpc) is 2.51. The zero-order valence-electron chi connectivity index (χ0n) is 13.4. The maximum absolute atomic E-state index is 5.76. The van der Waals surface area contributed by atoms with Gasteiger partial charge in [-0.05, 0) is 0 Å². The molecule has 0 amide bonds. The molecule has 0 spiro atoms. The highest BCUT2D eigenvalue weighted by Crippen LogP contribution is 2.24. The van der Waals surface area contributed by atoms with Gasteiger partial charge in [-0.15, -0.1) is 0 Å². The van der Waals surface area contributed by atoms with Crippen molar-refractivity contribution in [2.45, 2.75) is 0 Å². The molecule has 1 unspecified atom stereocenters. The van der Waals surface area contributed by atoms with Gasteiger partial charge in [0.15, 0.2) is 0 Å². The molecule has 0 N–H and O–H groups in total. The fraction of sp³-hybridized carbons (Fsp3) is 1.00. The van der Waals surface area contributed by atoms with Crippen LogP contribution >= 0.6 is 0 Å². The third kappa shape index (κ3) is 3.65. The third-order valence-corrected chi connectivity index (χ3v) is 38.4. The lowest BCUT2D eigenvalue weighted by Gasteiger charge is -2.40. The lowest BCUT2D eigenvalue weighted by Crippen LogP contribution is -2.79. The van der Waals surface area contributed by atoms with E-state index in [1.807, 2.05) is 0 Å². The maximum Gasteiger partial charge on any atom is 0.501 e. The summed E-state index contributed by atoms with van der Waals surface area (Å²) in [6.07, 6.45) is 0. The zero-order valence-corrected chi connectivity index (χ0v) is 17.7. The third-order valence-electron chi connectivity index (χ3n) is 3.17. The molecule has 8 nitrogen and oxygen atoms in total. The van der Waals surface area contributed by atoms with Gasteiger partial charge in [0, 0.05) is 56.9 Å². The van der Waals surface area contributed by atoms with Crippen molar-refractivity contribution in [3.8, 4) is 0 Å². The van der Waals surface area contributed by atoms with Gasteiger partial charge in [0.05, 0.1) is 0 Å². The van der Waals surface area contributed by atoms with Crippen molar-refractivity contribution >= 4 is 32.8 Å². The Kier molecular flexibility index (Phi) is 9.80. The van der Waals surface area contributed by atoms with E-state index in [1.165, 1.54) is 0 Å². The summed E-state index contributed by atoms with van der Waals surface area (Å²) < 4.78 is 44.9. The number of rotatable bonds is 11. The van der Waals surface area contributed by atoms with E-state index in [2.05, 4.69) is 0 Å². The molecule has 0 rings (SSSR count). The molecule has 0 saturated heterocycles. The van der Waals surface area contributed by atoms with Crippen molar-refractivity contribution in [1.29, 1.82) is 0 Å². The van der Waals surface area contributed by atoms with Crippen molar-refractivity contribution in [2.24, 2.45) is 0 Å². The second-order valence-corrected chi connectivity index (χ2v) is 26.5. The summed E-state index contributed by atoms with van der Waals surface area (Å²) in [5, 5.41) is 0. The summed E-state index contributed by atoms with van der Waals surface area (Å²) in [4.78, 5) is 0. The first-order valence-electron chi connectivity index (χ1n) is 5.86. The van der Waals surface area contributed by atoms with Gasteiger partial charge in [-0.2, -0.15) is 0 Å². The minimum atomic E-state index is -3.02. The van der Waals surface area contributed by atoms with Crippen molar-refractivity contribution < 1.29 is 35.4 Å². The first-order chi connectivity index (χ1) is 9.52. The maximum atomic E-state index is 5.76. The van der Waals surface area contributed by atoms with Crippen LogP contribution in [-0.4, -0.2) is 89.7 Å². The number of hydrogen-bond acceptors (Lipinski definition) is 8. The monoisotopic (exact) mass is 362 g/mol. The lowest BCUT2D eigenvalue weighted by molar-refractivity contribution is 0.138. The van der Waals surface area contributed by atoms with Gasteiger partial charge in [-0.25, -0.2) is 0 Å². The summed E-state index contributed by atoms with van der Waals surface area (Å²) in [7, 11) is 2.04. The minimum absolute atomic E-state index is 1.54. The fourth-order valence-corrected chi connectivity index (χ4v) is 41.7. The molecule has 0 bridgehead atoms. The molecule has 0 saturated carbocycles. The highest BCUT2D eigenvalue weighted by molar-refractivity contribution is 7.66. The second-order valence-electron chi connectivity index (χ2n) is 3.76. The Morgan fingerprint density at radius 3 is 1.15 bits per heavy atom. The summed E-state index contributed by atoms with van der Waals surface area (Å²) in [6, 6.07) is 0.